The molecule has 0 aliphatic rings. The first-order valence-corrected chi connectivity index (χ1v) is 1.38. The monoisotopic (exact) mass is 142 g/mol. The summed E-state index contributed by atoms with van der Waals surface area (Å²) < 4.78 is 21.0. The Morgan fingerprint density at radius 2 is 1.20 bits per heavy atom. The van der Waals surface area contributed by atoms with E-state index >= 15 is 0 Å². The van der Waals surface area contributed by atoms with Crippen molar-refractivity contribution in [2.24, 2.45) is 0 Å². The van der Waals surface area contributed by atoms with Crippen LogP contribution in [0.4, 0.5) is 9.05 Å². The van der Waals surface area contributed by atoms with Gasteiger partial charge in [0, 0.05) is 9.05 Å². The first-order chi connectivity index (χ1) is 3.72. The van der Waals surface area contributed by atoms with Crippen LogP contribution >= 0.6 is 0 Å². The molecule has 0 rings (SSSR count). The Balaban J connectivity index is -0.0000000408. The second kappa shape index (κ2) is 8.99. The Labute approximate surface area is 81.4 Å². The molecule has 0 heterocycles. The minimum atomic E-state index is -2.02. The zero-order valence-corrected chi connectivity index (χ0v) is 5.39. The van der Waals surface area contributed by atoms with Crippen LogP contribution in [-0.2, 0) is 19.5 Å². The van der Waals surface area contributed by atoms with Gasteiger partial charge in [0.1, 0.15) is 0 Å². The topological polar surface area (TPSA) is 52.6 Å². The van der Waals surface area contributed by atoms with Crippen LogP contribution in [0.3, 0.4) is 0 Å². The maximum Gasteiger partial charge on any atom is 1.00 e. The maximum atomic E-state index is 10.5. The molecular formula is C2H2F2Li2O4. The Kier molecular flexibility index (Phi) is 14.9. The number of rotatable bonds is 0. The van der Waals surface area contributed by atoms with E-state index < -0.39 is 11.9 Å². The van der Waals surface area contributed by atoms with Gasteiger partial charge in [0.05, 0.1) is 0 Å². The van der Waals surface area contributed by atoms with E-state index in [4.69, 9.17) is 0 Å². The molecule has 0 spiro atoms. The van der Waals surface area contributed by atoms with E-state index in [-0.39, 0.29) is 40.6 Å². The molecule has 0 fully saturated rings. The van der Waals surface area contributed by atoms with Crippen molar-refractivity contribution in [3.8, 4) is 0 Å². The fourth-order valence-electron chi connectivity index (χ4n) is 0.0630. The molecule has 8 heteroatoms. The number of hydrogen-bond donors (Lipinski definition) is 0. The zero-order valence-electron chi connectivity index (χ0n) is 7.39. The fraction of sp³-hybridized carbons (Fsp3) is 0. The first kappa shape index (κ1) is 16.5. The molecule has 0 bridgehead atoms. The van der Waals surface area contributed by atoms with E-state index in [0.29, 0.717) is 0 Å². The normalized spacial score (nSPS) is 6.20. The van der Waals surface area contributed by atoms with Crippen LogP contribution in [0.15, 0.2) is 0 Å². The third kappa shape index (κ3) is 6.12. The van der Waals surface area contributed by atoms with Crippen LogP contribution in [0, 0.1) is 0 Å². The Morgan fingerprint density at radius 1 is 1.00 bits per heavy atom. The summed E-state index contributed by atoms with van der Waals surface area (Å²) in [7, 11) is 0. The molecule has 4 nitrogen and oxygen atoms in total. The first-order valence-electron chi connectivity index (χ1n) is 1.38. The third-order valence-electron chi connectivity index (χ3n) is 0.307. The summed E-state index contributed by atoms with van der Waals surface area (Å²) in [6.07, 6.45) is 0. The summed E-state index contributed by atoms with van der Waals surface area (Å²) in [5.74, 6) is -4.04. The van der Waals surface area contributed by atoms with Gasteiger partial charge in [0.15, 0.2) is 0 Å². The molecule has 0 aromatic carbocycles. The van der Waals surface area contributed by atoms with Gasteiger partial charge in [-0.2, -0.15) is 0 Å². The number of halogens is 2. The van der Waals surface area contributed by atoms with Crippen molar-refractivity contribution < 1.29 is 69.1 Å². The molecule has 50 valence electrons. The van der Waals surface area contributed by atoms with Crippen molar-refractivity contribution in [1.82, 2.24) is 0 Å². The molecular weight excluding hydrogens is 140 g/mol. The van der Waals surface area contributed by atoms with Gasteiger partial charge in [-0.05, 0) is 0 Å². The molecule has 0 aromatic heterocycles. The predicted molar refractivity (Wildman–Crippen MR) is 16.6 cm³/mol. The van der Waals surface area contributed by atoms with Crippen molar-refractivity contribution in [3.05, 3.63) is 0 Å². The van der Waals surface area contributed by atoms with Gasteiger partial charge in [-0.3, -0.25) is 0 Å². The molecule has 0 saturated carbocycles. The number of carbonyl (C=O) groups is 2. The summed E-state index contributed by atoms with van der Waals surface area (Å²) in [5, 5.41) is 0. The molecule has 0 aromatic rings. The minimum absolute atomic E-state index is 0. The largest absolute Gasteiger partial charge is 1.00 e. The van der Waals surface area contributed by atoms with Crippen molar-refractivity contribution in [1.29, 1.82) is 0 Å². The van der Waals surface area contributed by atoms with Gasteiger partial charge in [-0.1, -0.05) is 0 Å². The average molecular weight is 142 g/mol. The SMILES string of the molecule is O=C(OF)C(=O)OF.[H-].[H-].[Li+].[Li+]. The minimum Gasteiger partial charge on any atom is -1.00 e. The molecule has 0 saturated heterocycles. The van der Waals surface area contributed by atoms with E-state index in [1.54, 1.807) is 0 Å². The quantitative estimate of drug-likeness (QED) is 0.249. The molecule has 0 amide bonds. The van der Waals surface area contributed by atoms with Gasteiger partial charge >= 0.3 is 49.7 Å². The van der Waals surface area contributed by atoms with Crippen LogP contribution < -0.4 is 37.7 Å². The van der Waals surface area contributed by atoms with E-state index in [2.05, 4.69) is 9.88 Å². The van der Waals surface area contributed by atoms with Crippen molar-refractivity contribution >= 4 is 11.9 Å². The Hall–Kier alpha value is -0.00519. The van der Waals surface area contributed by atoms with Crippen molar-refractivity contribution in [2.75, 3.05) is 0 Å². The molecule has 0 aliphatic carbocycles. The van der Waals surface area contributed by atoms with Crippen LogP contribution in [0.2, 0.25) is 0 Å². The van der Waals surface area contributed by atoms with Crippen LogP contribution in [0.5, 0.6) is 0 Å². The van der Waals surface area contributed by atoms with Gasteiger partial charge < -0.3 is 2.85 Å². The van der Waals surface area contributed by atoms with Crippen LogP contribution in [-0.4, -0.2) is 11.9 Å². The standard InChI is InChI=1S/C2F2O4.2Li.2H/c3-7-1(5)2(6)8-4;;;;/q;2*+1;2*-1. The molecule has 0 aliphatic heterocycles. The van der Waals surface area contributed by atoms with Gasteiger partial charge in [0.2, 0.25) is 0 Å². The smallest absolute Gasteiger partial charge is 1.00 e. The van der Waals surface area contributed by atoms with E-state index in [0.717, 1.165) is 0 Å². The van der Waals surface area contributed by atoms with Crippen LogP contribution in [0.25, 0.3) is 0 Å². The van der Waals surface area contributed by atoms with Gasteiger partial charge in [-0.25, -0.2) is 19.5 Å². The number of carbonyl (C=O) groups excluding carboxylic acids is 2. The third-order valence-corrected chi connectivity index (χ3v) is 0.307. The predicted octanol–water partition coefficient (Wildman–Crippen LogP) is -5.93. The van der Waals surface area contributed by atoms with E-state index in [9.17, 15) is 18.6 Å². The van der Waals surface area contributed by atoms with Crippen molar-refractivity contribution in [2.45, 2.75) is 0 Å². The van der Waals surface area contributed by atoms with E-state index in [1.165, 1.54) is 0 Å². The second-order valence-electron chi connectivity index (χ2n) is 0.729. The van der Waals surface area contributed by atoms with Gasteiger partial charge in [0.25, 0.3) is 0 Å². The van der Waals surface area contributed by atoms with Gasteiger partial charge in [-0.15, -0.1) is 0 Å². The zero-order chi connectivity index (χ0) is 6.57. The summed E-state index contributed by atoms with van der Waals surface area (Å²) in [4.78, 5) is 23.4. The summed E-state index contributed by atoms with van der Waals surface area (Å²) >= 11 is 0. The Bertz CT molecular complexity index is 112. The fourth-order valence-corrected chi connectivity index (χ4v) is 0.0630. The van der Waals surface area contributed by atoms with Crippen molar-refractivity contribution in [3.63, 3.8) is 0 Å². The molecule has 0 unspecified atom stereocenters. The molecule has 0 atom stereocenters. The summed E-state index contributed by atoms with van der Waals surface area (Å²) in [6.45, 7) is 0. The molecule has 10 heavy (non-hydrogen) atoms. The maximum absolute atomic E-state index is 10.5. The Morgan fingerprint density at radius 3 is 1.30 bits per heavy atom. The summed E-state index contributed by atoms with van der Waals surface area (Å²) in [5.41, 5.74) is 0. The van der Waals surface area contributed by atoms with Crippen LogP contribution in [0.1, 0.15) is 2.85 Å². The second-order valence-corrected chi connectivity index (χ2v) is 0.729. The average Bonchev–Trinajstić information content (AvgIpc) is 1.84. The van der Waals surface area contributed by atoms with E-state index in [1.807, 2.05) is 0 Å². The molecule has 0 radical (unpaired) electrons. The molecule has 0 N–H and O–H groups in total. The number of hydrogen-bond acceptors (Lipinski definition) is 4. The summed E-state index contributed by atoms with van der Waals surface area (Å²) in [6, 6.07) is 0.